The fourth-order valence-corrected chi connectivity index (χ4v) is 2.58. The minimum Gasteiger partial charge on any atom is -0.495 e. The highest BCUT2D eigenvalue weighted by Crippen LogP contribution is 2.30. The maximum Gasteiger partial charge on any atom is 0.246 e. The molecule has 1 atom stereocenters. The highest BCUT2D eigenvalue weighted by atomic mass is 16.5. The number of carbonyl (C=O) groups excluding carboxylic acids is 2. The van der Waals surface area contributed by atoms with Crippen molar-refractivity contribution in [3.63, 3.8) is 0 Å². The van der Waals surface area contributed by atoms with Gasteiger partial charge in [-0.3, -0.25) is 9.59 Å². The molecule has 1 fully saturated rings. The van der Waals surface area contributed by atoms with Crippen LogP contribution in [0.5, 0.6) is 5.75 Å². The molecule has 136 valence electrons. The number of hydrogen-bond acceptors (Lipinski definition) is 4. The molecule has 1 aliphatic rings. The summed E-state index contributed by atoms with van der Waals surface area (Å²) >= 11 is 0. The first-order chi connectivity index (χ1) is 12.6. The van der Waals surface area contributed by atoms with Gasteiger partial charge in [-0.2, -0.15) is 0 Å². The molecule has 2 aromatic rings. The van der Waals surface area contributed by atoms with E-state index in [1.54, 1.807) is 26.2 Å². The largest absolute Gasteiger partial charge is 0.495 e. The normalized spacial score (nSPS) is 14.2. The lowest BCUT2D eigenvalue weighted by molar-refractivity contribution is -0.117. The molecule has 0 spiro atoms. The number of hydrogen-bond donors (Lipinski definition) is 3. The van der Waals surface area contributed by atoms with E-state index in [1.165, 1.54) is 0 Å². The predicted molar refractivity (Wildman–Crippen MR) is 103 cm³/mol. The standard InChI is InChI=1S/C20H23N3O3/c1-13(19(24)23-17-8-3-4-9-18(17)26-2)21-15-6-5-7-16(12-15)22-20(25)14-10-11-14/h3-9,12-14,21H,10-11H2,1-2H3,(H,22,25)(H,23,24)/t13-/m0/s1. The maximum absolute atomic E-state index is 12.4. The van der Waals surface area contributed by atoms with Crippen LogP contribution >= 0.6 is 0 Å². The average molecular weight is 353 g/mol. The Labute approximate surface area is 152 Å². The van der Waals surface area contributed by atoms with Gasteiger partial charge in [0, 0.05) is 17.3 Å². The minimum absolute atomic E-state index is 0.0594. The summed E-state index contributed by atoms with van der Waals surface area (Å²) in [6, 6.07) is 14.2. The minimum atomic E-state index is -0.464. The van der Waals surface area contributed by atoms with E-state index in [9.17, 15) is 9.59 Å². The van der Waals surface area contributed by atoms with E-state index in [0.29, 0.717) is 11.4 Å². The molecule has 3 N–H and O–H groups in total. The summed E-state index contributed by atoms with van der Waals surface area (Å²) in [6.07, 6.45) is 1.92. The molecule has 3 rings (SSSR count). The molecule has 6 nitrogen and oxygen atoms in total. The SMILES string of the molecule is COc1ccccc1NC(=O)[C@H](C)Nc1cccc(NC(=O)C2CC2)c1. The van der Waals surface area contributed by atoms with Gasteiger partial charge in [0.05, 0.1) is 12.8 Å². The smallest absolute Gasteiger partial charge is 0.246 e. The summed E-state index contributed by atoms with van der Waals surface area (Å²) in [5.74, 6) is 0.640. The first-order valence-electron chi connectivity index (χ1n) is 8.68. The second-order valence-electron chi connectivity index (χ2n) is 6.40. The number of ether oxygens (including phenoxy) is 1. The van der Waals surface area contributed by atoms with Crippen LogP contribution in [0.3, 0.4) is 0 Å². The van der Waals surface area contributed by atoms with Crippen molar-refractivity contribution in [3.05, 3.63) is 48.5 Å². The van der Waals surface area contributed by atoms with Crippen LogP contribution in [0.2, 0.25) is 0 Å². The number of amides is 2. The third-order valence-corrected chi connectivity index (χ3v) is 4.22. The van der Waals surface area contributed by atoms with Crippen molar-refractivity contribution in [2.24, 2.45) is 5.92 Å². The van der Waals surface area contributed by atoms with Gasteiger partial charge >= 0.3 is 0 Å². The highest BCUT2D eigenvalue weighted by Gasteiger charge is 2.29. The Morgan fingerprint density at radius 3 is 2.50 bits per heavy atom. The van der Waals surface area contributed by atoms with Crippen LogP contribution in [0.15, 0.2) is 48.5 Å². The van der Waals surface area contributed by atoms with E-state index in [2.05, 4.69) is 16.0 Å². The molecule has 26 heavy (non-hydrogen) atoms. The van der Waals surface area contributed by atoms with Crippen molar-refractivity contribution < 1.29 is 14.3 Å². The number of rotatable bonds is 7. The van der Waals surface area contributed by atoms with E-state index < -0.39 is 6.04 Å². The Bertz CT molecular complexity index is 802. The fourth-order valence-electron chi connectivity index (χ4n) is 2.58. The predicted octanol–water partition coefficient (Wildman–Crippen LogP) is 3.48. The van der Waals surface area contributed by atoms with E-state index in [1.807, 2.05) is 36.4 Å². The summed E-state index contributed by atoms with van der Waals surface area (Å²) in [6.45, 7) is 1.78. The summed E-state index contributed by atoms with van der Waals surface area (Å²) in [5, 5.41) is 8.91. The second-order valence-corrected chi connectivity index (χ2v) is 6.40. The lowest BCUT2D eigenvalue weighted by atomic mass is 10.2. The lowest BCUT2D eigenvalue weighted by Crippen LogP contribution is -2.32. The number of para-hydroxylation sites is 2. The second kappa shape index (κ2) is 7.91. The van der Waals surface area contributed by atoms with Crippen molar-refractivity contribution >= 4 is 28.9 Å². The monoisotopic (exact) mass is 353 g/mol. The third-order valence-electron chi connectivity index (χ3n) is 4.22. The lowest BCUT2D eigenvalue weighted by Gasteiger charge is -2.17. The van der Waals surface area contributed by atoms with E-state index in [0.717, 1.165) is 24.2 Å². The van der Waals surface area contributed by atoms with Gasteiger partial charge in [-0.25, -0.2) is 0 Å². The third kappa shape index (κ3) is 4.53. The molecular weight excluding hydrogens is 330 g/mol. The number of nitrogens with one attached hydrogen (secondary N) is 3. The van der Waals surface area contributed by atoms with E-state index in [4.69, 9.17) is 4.74 Å². The van der Waals surface area contributed by atoms with Gasteiger partial charge in [0.15, 0.2) is 0 Å². The van der Waals surface area contributed by atoms with Gasteiger partial charge in [0.1, 0.15) is 11.8 Å². The Morgan fingerprint density at radius 1 is 1.04 bits per heavy atom. The zero-order valence-corrected chi connectivity index (χ0v) is 14.9. The molecule has 0 bridgehead atoms. The van der Waals surface area contributed by atoms with Crippen molar-refractivity contribution in [1.29, 1.82) is 0 Å². The first kappa shape index (κ1) is 17.8. The molecule has 2 aromatic carbocycles. The number of methoxy groups -OCH3 is 1. The Balaban J connectivity index is 1.60. The van der Waals surface area contributed by atoms with Crippen LogP contribution in [0.4, 0.5) is 17.1 Å². The van der Waals surface area contributed by atoms with Crippen LogP contribution in [0.25, 0.3) is 0 Å². The number of benzene rings is 2. The molecular formula is C20H23N3O3. The molecule has 0 saturated heterocycles. The average Bonchev–Trinajstić information content (AvgIpc) is 3.47. The van der Waals surface area contributed by atoms with Crippen LogP contribution in [-0.4, -0.2) is 25.0 Å². The van der Waals surface area contributed by atoms with Crippen molar-refractivity contribution in [3.8, 4) is 5.75 Å². The van der Waals surface area contributed by atoms with Gasteiger partial charge in [0.2, 0.25) is 11.8 Å². The zero-order chi connectivity index (χ0) is 18.5. The topological polar surface area (TPSA) is 79.5 Å². The van der Waals surface area contributed by atoms with Gasteiger partial charge in [-0.15, -0.1) is 0 Å². The first-order valence-corrected chi connectivity index (χ1v) is 8.68. The van der Waals surface area contributed by atoms with E-state index >= 15 is 0 Å². The molecule has 0 heterocycles. The van der Waals surface area contributed by atoms with E-state index in [-0.39, 0.29) is 17.7 Å². The van der Waals surface area contributed by atoms with Crippen molar-refractivity contribution in [1.82, 2.24) is 0 Å². The van der Waals surface area contributed by atoms with Gasteiger partial charge in [0.25, 0.3) is 0 Å². The molecule has 6 heteroatoms. The zero-order valence-electron chi connectivity index (χ0n) is 14.9. The Hall–Kier alpha value is -3.02. The summed E-state index contributed by atoms with van der Waals surface area (Å²) in [5.41, 5.74) is 2.12. The van der Waals surface area contributed by atoms with Gasteiger partial charge in [-0.1, -0.05) is 18.2 Å². The van der Waals surface area contributed by atoms with Crippen LogP contribution in [0, 0.1) is 5.92 Å². The fraction of sp³-hybridized carbons (Fsp3) is 0.300. The summed E-state index contributed by atoms with van der Waals surface area (Å²) in [4.78, 5) is 24.3. The number of anilines is 3. The molecule has 0 aromatic heterocycles. The molecule has 0 unspecified atom stereocenters. The van der Waals surface area contributed by atoms with Crippen molar-refractivity contribution in [2.45, 2.75) is 25.8 Å². The Kier molecular flexibility index (Phi) is 5.41. The van der Waals surface area contributed by atoms with Crippen LogP contribution < -0.4 is 20.7 Å². The molecule has 1 aliphatic carbocycles. The molecule has 2 amide bonds. The van der Waals surface area contributed by atoms with Crippen molar-refractivity contribution in [2.75, 3.05) is 23.1 Å². The Morgan fingerprint density at radius 2 is 1.77 bits per heavy atom. The molecule has 1 saturated carbocycles. The maximum atomic E-state index is 12.4. The summed E-state index contributed by atoms with van der Waals surface area (Å²) in [7, 11) is 1.56. The highest BCUT2D eigenvalue weighted by molar-refractivity contribution is 5.98. The quantitative estimate of drug-likeness (QED) is 0.712. The molecule has 0 radical (unpaired) electrons. The van der Waals surface area contributed by atoms with Gasteiger partial charge < -0.3 is 20.7 Å². The molecule has 0 aliphatic heterocycles. The number of carbonyl (C=O) groups is 2. The van der Waals surface area contributed by atoms with Crippen LogP contribution in [0.1, 0.15) is 19.8 Å². The summed E-state index contributed by atoms with van der Waals surface area (Å²) < 4.78 is 5.25. The van der Waals surface area contributed by atoms with Crippen LogP contribution in [-0.2, 0) is 9.59 Å². The van der Waals surface area contributed by atoms with Gasteiger partial charge in [-0.05, 0) is 50.1 Å².